The van der Waals surface area contributed by atoms with Crippen molar-refractivity contribution in [2.45, 2.75) is 12.6 Å². The number of aromatic amines is 1. The number of alkyl halides is 3. The number of amides is 2. The van der Waals surface area contributed by atoms with Gasteiger partial charge < -0.3 is 10.2 Å². The van der Waals surface area contributed by atoms with Crippen LogP contribution in [0, 0.1) is 5.82 Å². The van der Waals surface area contributed by atoms with Gasteiger partial charge in [0.25, 0.3) is 5.82 Å². The Labute approximate surface area is 153 Å². The van der Waals surface area contributed by atoms with Gasteiger partial charge in [0.15, 0.2) is 0 Å². The fourth-order valence-electron chi connectivity index (χ4n) is 2.89. The summed E-state index contributed by atoms with van der Waals surface area (Å²) in [5, 5.41) is 2.71. The van der Waals surface area contributed by atoms with Crippen LogP contribution in [0.5, 0.6) is 0 Å². The first kappa shape index (κ1) is 18.9. The van der Waals surface area contributed by atoms with Crippen LogP contribution in [0.3, 0.4) is 0 Å². The third kappa shape index (κ3) is 4.87. The number of hydrogen-bond donors (Lipinski definition) is 1. The van der Waals surface area contributed by atoms with Gasteiger partial charge in [0.1, 0.15) is 18.6 Å². The molecule has 1 fully saturated rings. The van der Waals surface area contributed by atoms with E-state index < -0.39 is 11.7 Å². The minimum absolute atomic E-state index is 0.292. The molecule has 0 radical (unpaired) electrons. The Bertz CT molecular complexity index is 777. The average Bonchev–Trinajstić information content (AvgIpc) is 2.89. The van der Waals surface area contributed by atoms with Gasteiger partial charge in [0.05, 0.1) is 18.7 Å². The molecule has 1 aliphatic heterocycles. The molecule has 2 aromatic rings. The topological polar surface area (TPSA) is 49.7 Å². The molecule has 27 heavy (non-hydrogen) atoms. The monoisotopic (exact) mass is 383 g/mol. The van der Waals surface area contributed by atoms with Crippen molar-refractivity contribution in [1.82, 2.24) is 4.90 Å². The summed E-state index contributed by atoms with van der Waals surface area (Å²) in [6.45, 7) is 2.03. The second-order valence-electron chi connectivity index (χ2n) is 6.23. The van der Waals surface area contributed by atoms with Crippen LogP contribution in [0.1, 0.15) is 12.0 Å². The summed E-state index contributed by atoms with van der Waals surface area (Å²) in [4.78, 5) is 18.6. The molecule has 2 N–H and O–H groups in total. The van der Waals surface area contributed by atoms with Gasteiger partial charge in [-0.2, -0.15) is 13.2 Å². The number of nitrogens with zero attached hydrogens (tertiary/aromatic N) is 2. The number of halogens is 4. The van der Waals surface area contributed by atoms with Gasteiger partial charge in [-0.05, 0) is 30.3 Å². The molecule has 0 aliphatic carbocycles. The summed E-state index contributed by atoms with van der Waals surface area (Å²) in [6, 6.07) is 7.64. The predicted molar refractivity (Wildman–Crippen MR) is 91.8 cm³/mol. The number of pyridine rings is 1. The van der Waals surface area contributed by atoms with Crippen molar-refractivity contribution in [3.05, 3.63) is 54.0 Å². The first-order valence-electron chi connectivity index (χ1n) is 8.48. The first-order valence-corrected chi connectivity index (χ1v) is 8.48. The van der Waals surface area contributed by atoms with Crippen molar-refractivity contribution < 1.29 is 27.3 Å². The van der Waals surface area contributed by atoms with Crippen LogP contribution < -0.4 is 15.2 Å². The quantitative estimate of drug-likeness (QED) is 0.808. The Hall–Kier alpha value is -2.84. The van der Waals surface area contributed by atoms with Gasteiger partial charge in [0.2, 0.25) is 0 Å². The zero-order valence-corrected chi connectivity index (χ0v) is 14.4. The SMILES string of the molecule is O=C(Nc1ccc(F)cc1)N1CCCN(c2ccc(C(F)(F)F)c[nH+]2)CC1. The minimum Gasteiger partial charge on any atom is -0.320 e. The molecule has 1 aromatic carbocycles. The van der Waals surface area contributed by atoms with Gasteiger partial charge in [-0.3, -0.25) is 4.90 Å². The molecule has 9 heteroatoms. The average molecular weight is 383 g/mol. The summed E-state index contributed by atoms with van der Waals surface area (Å²) >= 11 is 0. The highest BCUT2D eigenvalue weighted by Gasteiger charge is 2.32. The summed E-state index contributed by atoms with van der Waals surface area (Å²) in [5.74, 6) is 0.190. The van der Waals surface area contributed by atoms with Crippen LogP contribution in [0.15, 0.2) is 42.6 Å². The Morgan fingerprint density at radius 1 is 1.00 bits per heavy atom. The third-order valence-corrected chi connectivity index (χ3v) is 4.34. The van der Waals surface area contributed by atoms with Gasteiger partial charge in [-0.25, -0.2) is 14.2 Å². The molecule has 0 unspecified atom stereocenters. The van der Waals surface area contributed by atoms with Crippen molar-refractivity contribution in [3.8, 4) is 0 Å². The lowest BCUT2D eigenvalue weighted by Gasteiger charge is -2.20. The Balaban J connectivity index is 1.59. The van der Waals surface area contributed by atoms with Crippen LogP contribution in [0.4, 0.5) is 33.9 Å². The second kappa shape index (κ2) is 7.81. The molecular formula is C18H19F4N4O+. The molecule has 1 aliphatic rings. The lowest BCUT2D eigenvalue weighted by Crippen LogP contribution is -2.38. The van der Waals surface area contributed by atoms with Crippen LogP contribution in [-0.2, 0) is 6.18 Å². The van der Waals surface area contributed by atoms with E-state index in [0.29, 0.717) is 44.1 Å². The standard InChI is InChI=1S/C18H18F4N4O/c19-14-3-5-15(6-4-14)24-17(27)26-9-1-8-25(10-11-26)16-7-2-13(12-23-16)18(20,21)22/h2-7,12H,1,8-11H2,(H,24,27)/p+1. The van der Waals surface area contributed by atoms with Gasteiger partial charge in [0, 0.05) is 24.7 Å². The van der Waals surface area contributed by atoms with E-state index in [-0.39, 0.29) is 11.8 Å². The van der Waals surface area contributed by atoms with Crippen LogP contribution in [0.2, 0.25) is 0 Å². The number of carbonyl (C=O) groups is 1. The molecule has 2 heterocycles. The maximum atomic E-state index is 12.9. The number of hydrogen-bond acceptors (Lipinski definition) is 2. The first-order chi connectivity index (χ1) is 12.8. The minimum atomic E-state index is -4.39. The van der Waals surface area contributed by atoms with Gasteiger partial charge in [-0.1, -0.05) is 0 Å². The fourth-order valence-corrected chi connectivity index (χ4v) is 2.89. The van der Waals surface area contributed by atoms with E-state index in [0.717, 1.165) is 12.3 Å². The van der Waals surface area contributed by atoms with Crippen LogP contribution in [0.25, 0.3) is 0 Å². The van der Waals surface area contributed by atoms with E-state index in [1.807, 2.05) is 4.90 Å². The number of aromatic nitrogens is 1. The van der Waals surface area contributed by atoms with Crippen LogP contribution >= 0.6 is 0 Å². The molecule has 3 rings (SSSR count). The summed E-state index contributed by atoms with van der Waals surface area (Å²) in [6.07, 6.45) is -2.77. The highest BCUT2D eigenvalue weighted by atomic mass is 19.4. The molecule has 1 aromatic heterocycles. The van der Waals surface area contributed by atoms with Crippen molar-refractivity contribution in [2.24, 2.45) is 0 Å². The highest BCUT2D eigenvalue weighted by Crippen LogP contribution is 2.28. The van der Waals surface area contributed by atoms with Gasteiger partial charge in [-0.15, -0.1) is 0 Å². The van der Waals surface area contributed by atoms with E-state index in [2.05, 4.69) is 10.3 Å². The summed E-state index contributed by atoms with van der Waals surface area (Å²) in [5.41, 5.74) is -0.236. The van der Waals surface area contributed by atoms with Crippen molar-refractivity contribution in [3.63, 3.8) is 0 Å². The number of urea groups is 1. The molecule has 0 saturated carbocycles. The molecule has 144 valence electrons. The Morgan fingerprint density at radius 2 is 1.74 bits per heavy atom. The molecule has 1 saturated heterocycles. The number of H-pyrrole nitrogens is 1. The lowest BCUT2D eigenvalue weighted by molar-refractivity contribution is -0.367. The molecule has 0 spiro atoms. The molecule has 2 amide bonds. The number of carbonyl (C=O) groups excluding carboxylic acids is 1. The number of rotatable bonds is 2. The highest BCUT2D eigenvalue weighted by molar-refractivity contribution is 5.89. The Kier molecular flexibility index (Phi) is 5.48. The third-order valence-electron chi connectivity index (χ3n) is 4.34. The molecule has 0 bridgehead atoms. The lowest BCUT2D eigenvalue weighted by atomic mass is 10.2. The fraction of sp³-hybridized carbons (Fsp3) is 0.333. The van der Waals surface area contributed by atoms with E-state index in [1.54, 1.807) is 4.90 Å². The smallest absolute Gasteiger partial charge is 0.320 e. The molecule has 5 nitrogen and oxygen atoms in total. The summed E-state index contributed by atoms with van der Waals surface area (Å²) < 4.78 is 50.9. The maximum absolute atomic E-state index is 12.9. The largest absolute Gasteiger partial charge is 0.419 e. The van der Waals surface area contributed by atoms with Crippen molar-refractivity contribution in [2.75, 3.05) is 36.4 Å². The summed E-state index contributed by atoms with van der Waals surface area (Å²) in [7, 11) is 0. The van der Waals surface area contributed by atoms with E-state index in [4.69, 9.17) is 0 Å². The zero-order chi connectivity index (χ0) is 19.4. The molecular weight excluding hydrogens is 364 g/mol. The predicted octanol–water partition coefficient (Wildman–Crippen LogP) is 3.40. The van der Waals surface area contributed by atoms with Gasteiger partial charge >= 0.3 is 12.2 Å². The Morgan fingerprint density at radius 3 is 2.37 bits per heavy atom. The van der Waals surface area contributed by atoms with Crippen molar-refractivity contribution >= 4 is 17.5 Å². The normalized spacial score (nSPS) is 15.4. The second-order valence-corrected chi connectivity index (χ2v) is 6.23. The zero-order valence-electron chi connectivity index (χ0n) is 14.4. The van der Waals surface area contributed by atoms with E-state index >= 15 is 0 Å². The van der Waals surface area contributed by atoms with Crippen LogP contribution in [-0.4, -0.2) is 37.1 Å². The number of anilines is 2. The van der Waals surface area contributed by atoms with E-state index in [9.17, 15) is 22.4 Å². The van der Waals surface area contributed by atoms with E-state index in [1.165, 1.54) is 30.3 Å². The maximum Gasteiger partial charge on any atom is 0.419 e. The number of benzene rings is 1. The van der Waals surface area contributed by atoms with Crippen molar-refractivity contribution in [1.29, 1.82) is 0 Å². The number of nitrogens with one attached hydrogen (secondary N) is 2. The molecule has 0 atom stereocenters.